The lowest BCUT2D eigenvalue weighted by Gasteiger charge is -2.21. The van der Waals surface area contributed by atoms with Crippen LogP contribution < -0.4 is 16.4 Å². The highest BCUT2D eigenvalue weighted by Gasteiger charge is 2.81. The van der Waals surface area contributed by atoms with Crippen LogP contribution in [0.15, 0.2) is 54.6 Å². The molecule has 3 aromatic rings. The summed E-state index contributed by atoms with van der Waals surface area (Å²) < 4.78 is 53.9. The number of anilines is 2. The predicted molar refractivity (Wildman–Crippen MR) is 145 cm³/mol. The van der Waals surface area contributed by atoms with Crippen LogP contribution in [0.1, 0.15) is 39.9 Å². The van der Waals surface area contributed by atoms with Crippen molar-refractivity contribution in [2.24, 2.45) is 5.73 Å². The Morgan fingerprint density at radius 2 is 1.50 bits per heavy atom. The Hall–Kier alpha value is -3.05. The number of rotatable bonds is 6. The Morgan fingerprint density at radius 3 is 2.00 bits per heavy atom. The molecule has 3 amide bonds. The topological polar surface area (TPSA) is 101 Å². The maximum absolute atomic E-state index is 14.1. The summed E-state index contributed by atoms with van der Waals surface area (Å²) in [4.78, 5) is 37.2. The van der Waals surface area contributed by atoms with E-state index < -0.39 is 61.2 Å². The number of hydrogen-bond donors (Lipinski definition) is 3. The summed E-state index contributed by atoms with van der Waals surface area (Å²) in [7, 11) is 0. The molecule has 0 radical (unpaired) electrons. The van der Waals surface area contributed by atoms with Gasteiger partial charge in [-0.05, 0) is 59.7 Å². The summed E-state index contributed by atoms with van der Waals surface area (Å²) in [5.41, 5.74) is 1.68. The molecule has 0 aromatic heterocycles. The van der Waals surface area contributed by atoms with Crippen molar-refractivity contribution in [3.8, 4) is 0 Å². The molecule has 3 aromatic carbocycles. The molecular weight excluding hydrogens is 620 g/mol. The maximum Gasteiger partial charge on any atom is 0.417 e. The largest absolute Gasteiger partial charge is 0.417 e. The smallest absolute Gasteiger partial charge is 0.369 e. The quantitative estimate of drug-likeness (QED) is 0.199. The van der Waals surface area contributed by atoms with Crippen molar-refractivity contribution in [1.29, 1.82) is 0 Å². The number of carbonyl (C=O) groups excluding carboxylic acids is 3. The van der Waals surface area contributed by atoms with E-state index in [1.54, 1.807) is 0 Å². The predicted octanol–water partition coefficient (Wildman–Crippen LogP) is 7.06. The van der Waals surface area contributed by atoms with E-state index in [0.717, 1.165) is 18.2 Å². The lowest BCUT2D eigenvalue weighted by molar-refractivity contribution is -0.137. The molecular formula is C26H17Cl4F4N3O3. The van der Waals surface area contributed by atoms with Gasteiger partial charge in [-0.3, -0.25) is 14.4 Å². The molecule has 1 saturated carbocycles. The second kappa shape index (κ2) is 10.4. The van der Waals surface area contributed by atoms with Gasteiger partial charge in [0, 0.05) is 24.2 Å². The van der Waals surface area contributed by atoms with E-state index in [1.165, 1.54) is 37.3 Å². The zero-order chi connectivity index (χ0) is 29.8. The number of nitrogens with one attached hydrogen (secondary N) is 2. The highest BCUT2D eigenvalue weighted by Crippen LogP contribution is 2.74. The molecule has 4 N–H and O–H groups in total. The molecule has 1 fully saturated rings. The van der Waals surface area contributed by atoms with Gasteiger partial charge in [0.2, 0.25) is 11.8 Å². The first-order valence-electron chi connectivity index (χ1n) is 11.2. The lowest BCUT2D eigenvalue weighted by atomic mass is 9.87. The summed E-state index contributed by atoms with van der Waals surface area (Å²) in [6, 6.07) is 10.5. The van der Waals surface area contributed by atoms with E-state index >= 15 is 0 Å². The van der Waals surface area contributed by atoms with Gasteiger partial charge in [0.25, 0.3) is 5.91 Å². The van der Waals surface area contributed by atoms with Gasteiger partial charge < -0.3 is 16.4 Å². The van der Waals surface area contributed by atoms with E-state index in [0.29, 0.717) is 11.8 Å². The molecule has 14 heteroatoms. The molecule has 0 aliphatic heterocycles. The number of benzene rings is 3. The first-order valence-corrected chi connectivity index (χ1v) is 12.8. The van der Waals surface area contributed by atoms with Crippen LogP contribution >= 0.6 is 46.4 Å². The van der Waals surface area contributed by atoms with Crippen LogP contribution in [0.25, 0.3) is 0 Å². The summed E-state index contributed by atoms with van der Waals surface area (Å²) in [5, 5.41) is 3.66. The van der Waals surface area contributed by atoms with Gasteiger partial charge in [0.1, 0.15) is 15.6 Å². The van der Waals surface area contributed by atoms with Crippen molar-refractivity contribution < 1.29 is 31.9 Å². The minimum Gasteiger partial charge on any atom is -0.369 e. The SMILES string of the molecule is CC(=O)Nc1ccc(NC(=O)c2cc(C3(C(N)=O)C(c4ccc(F)c(Cl)c4)C3(Cl)Cl)cc(C(F)(F)F)c2Cl)cc1. The number of primary amides is 1. The van der Waals surface area contributed by atoms with Crippen molar-refractivity contribution in [2.75, 3.05) is 10.6 Å². The van der Waals surface area contributed by atoms with Gasteiger partial charge in [-0.25, -0.2) is 4.39 Å². The van der Waals surface area contributed by atoms with Crippen LogP contribution in [0, 0.1) is 5.82 Å². The van der Waals surface area contributed by atoms with Crippen LogP contribution in [-0.4, -0.2) is 22.1 Å². The summed E-state index contributed by atoms with van der Waals surface area (Å²) >= 11 is 24.9. The van der Waals surface area contributed by atoms with Crippen LogP contribution in [0.4, 0.5) is 28.9 Å². The van der Waals surface area contributed by atoms with E-state index in [4.69, 9.17) is 52.1 Å². The van der Waals surface area contributed by atoms with Crippen LogP contribution in [0.2, 0.25) is 10.0 Å². The Labute approximate surface area is 244 Å². The fraction of sp³-hybridized carbons (Fsp3) is 0.192. The fourth-order valence-corrected chi connectivity index (χ4v) is 6.21. The highest BCUT2D eigenvalue weighted by atomic mass is 35.5. The van der Waals surface area contributed by atoms with E-state index in [1.807, 2.05) is 0 Å². The third kappa shape index (κ3) is 5.09. The second-order valence-electron chi connectivity index (χ2n) is 9.00. The average Bonchev–Trinajstić information content (AvgIpc) is 3.38. The van der Waals surface area contributed by atoms with E-state index in [-0.39, 0.29) is 22.2 Å². The van der Waals surface area contributed by atoms with E-state index in [2.05, 4.69) is 10.6 Å². The minimum absolute atomic E-state index is 0.129. The number of nitrogens with two attached hydrogens (primary N) is 1. The molecule has 2 atom stereocenters. The average molecular weight is 637 g/mol. The Kier molecular flexibility index (Phi) is 7.79. The minimum atomic E-state index is -5.06. The summed E-state index contributed by atoms with van der Waals surface area (Å²) in [6.45, 7) is 1.30. The van der Waals surface area contributed by atoms with Crippen LogP contribution in [0.5, 0.6) is 0 Å². The number of hydrogen-bond acceptors (Lipinski definition) is 3. The molecule has 2 unspecified atom stereocenters. The Morgan fingerprint density at radius 1 is 0.925 bits per heavy atom. The fourth-order valence-electron chi connectivity index (χ4n) is 4.63. The molecule has 0 spiro atoms. The van der Waals surface area contributed by atoms with E-state index in [9.17, 15) is 31.9 Å². The van der Waals surface area contributed by atoms with Crippen molar-refractivity contribution in [2.45, 2.75) is 28.8 Å². The molecule has 0 bridgehead atoms. The molecule has 1 aliphatic rings. The van der Waals surface area contributed by atoms with Crippen LogP contribution in [-0.2, 0) is 21.2 Å². The molecule has 0 heterocycles. The van der Waals surface area contributed by atoms with Gasteiger partial charge in [-0.1, -0.05) is 52.5 Å². The van der Waals surface area contributed by atoms with Crippen molar-refractivity contribution in [3.05, 3.63) is 92.7 Å². The van der Waals surface area contributed by atoms with Gasteiger partial charge in [-0.2, -0.15) is 13.2 Å². The molecule has 6 nitrogen and oxygen atoms in total. The van der Waals surface area contributed by atoms with Crippen molar-refractivity contribution in [1.82, 2.24) is 0 Å². The van der Waals surface area contributed by atoms with Gasteiger partial charge in [-0.15, -0.1) is 0 Å². The van der Waals surface area contributed by atoms with Crippen LogP contribution in [0.3, 0.4) is 0 Å². The third-order valence-electron chi connectivity index (χ3n) is 6.44. The first kappa shape index (κ1) is 29.9. The Balaban J connectivity index is 1.83. The maximum atomic E-state index is 14.1. The Bertz CT molecular complexity index is 1550. The third-order valence-corrected chi connectivity index (χ3v) is 8.17. The van der Waals surface area contributed by atoms with Crippen molar-refractivity contribution in [3.63, 3.8) is 0 Å². The summed E-state index contributed by atoms with van der Waals surface area (Å²) in [5.74, 6) is -4.63. The standard InChI is InChI=1S/C26H17Cl4F4N3O3/c1-11(38)36-14-3-5-15(6-4-14)37-22(39)16-9-13(10-17(20(16)28)26(32,33)34)24(23(35)40)21(25(24,29)30)12-2-7-19(31)18(27)8-12/h2-10,21H,1H3,(H2,35,40)(H,36,38)(H,37,39). The molecule has 1 aliphatic carbocycles. The van der Waals surface area contributed by atoms with Crippen molar-refractivity contribution >= 4 is 75.5 Å². The normalized spacial score (nSPS) is 19.6. The van der Waals surface area contributed by atoms with Gasteiger partial charge in [0.05, 0.1) is 21.2 Å². The molecule has 4 rings (SSSR count). The zero-order valence-corrected chi connectivity index (χ0v) is 23.1. The first-order chi connectivity index (χ1) is 18.5. The molecule has 210 valence electrons. The number of carbonyl (C=O) groups is 3. The van der Waals surface area contributed by atoms with Gasteiger partial charge in [0.15, 0.2) is 0 Å². The molecule has 40 heavy (non-hydrogen) atoms. The highest BCUT2D eigenvalue weighted by molar-refractivity contribution is 6.55. The lowest BCUT2D eigenvalue weighted by Crippen LogP contribution is -2.34. The van der Waals surface area contributed by atoms with Gasteiger partial charge >= 0.3 is 6.18 Å². The summed E-state index contributed by atoms with van der Waals surface area (Å²) in [6.07, 6.45) is -5.06. The number of halogens is 8. The second-order valence-corrected chi connectivity index (χ2v) is 11.2. The monoisotopic (exact) mass is 635 g/mol. The molecule has 0 saturated heterocycles. The number of alkyl halides is 5. The zero-order valence-electron chi connectivity index (χ0n) is 20.1. The number of amides is 3.